The Morgan fingerprint density at radius 2 is 1.96 bits per heavy atom. The Morgan fingerprint density at radius 1 is 1.24 bits per heavy atom. The number of amides is 3. The van der Waals surface area contributed by atoms with Crippen LogP contribution in [0.1, 0.15) is 60.7 Å². The van der Waals surface area contributed by atoms with Gasteiger partial charge in [0.15, 0.2) is 0 Å². The number of imide groups is 1. The highest BCUT2D eigenvalue weighted by Gasteiger charge is 2.37. The molecule has 0 fully saturated rings. The van der Waals surface area contributed by atoms with E-state index in [1.165, 1.54) is 4.90 Å². The average Bonchev–Trinajstić information content (AvgIpc) is 2.75. The van der Waals surface area contributed by atoms with Crippen LogP contribution in [0.3, 0.4) is 0 Å². The van der Waals surface area contributed by atoms with Crippen molar-refractivity contribution in [2.45, 2.75) is 45.6 Å². The maximum Gasteiger partial charge on any atom is 0.412 e. The minimum atomic E-state index is -0.661. The molecular formula is C19H24N2O4. The van der Waals surface area contributed by atoms with E-state index in [1.54, 1.807) is 39.0 Å². The zero-order chi connectivity index (χ0) is 18.6. The Labute approximate surface area is 147 Å². The lowest BCUT2D eigenvalue weighted by Crippen LogP contribution is -2.31. The van der Waals surface area contributed by atoms with Gasteiger partial charge in [-0.1, -0.05) is 12.1 Å². The van der Waals surface area contributed by atoms with Crippen molar-refractivity contribution in [1.82, 2.24) is 4.90 Å². The number of nitrogens with zero attached hydrogens (tertiary/aromatic N) is 1. The van der Waals surface area contributed by atoms with E-state index in [2.05, 4.69) is 11.9 Å². The highest BCUT2D eigenvalue weighted by Crippen LogP contribution is 2.30. The predicted molar refractivity (Wildman–Crippen MR) is 95.7 cm³/mol. The number of hydrogen-bond donors (Lipinski definition) is 1. The number of rotatable bonds is 6. The molecule has 6 heteroatoms. The highest BCUT2D eigenvalue weighted by molar-refractivity contribution is 6.24. The number of ether oxygens (including phenoxy) is 1. The van der Waals surface area contributed by atoms with Crippen LogP contribution in [0.4, 0.5) is 10.5 Å². The molecule has 0 radical (unpaired) electrons. The summed E-state index contributed by atoms with van der Waals surface area (Å²) in [7, 11) is 0. The second-order valence-electron chi connectivity index (χ2n) is 6.90. The molecule has 1 heterocycles. The molecule has 134 valence electrons. The molecule has 0 atom stereocenters. The van der Waals surface area contributed by atoms with E-state index in [4.69, 9.17) is 4.74 Å². The molecule has 0 aromatic heterocycles. The van der Waals surface area contributed by atoms with Crippen LogP contribution in [0.5, 0.6) is 0 Å². The Kier molecular flexibility index (Phi) is 5.62. The highest BCUT2D eigenvalue weighted by atomic mass is 16.6. The van der Waals surface area contributed by atoms with E-state index >= 15 is 0 Å². The Hall–Kier alpha value is -2.63. The summed E-state index contributed by atoms with van der Waals surface area (Å²) in [5.74, 6) is -0.711. The first-order valence-electron chi connectivity index (χ1n) is 8.34. The minimum Gasteiger partial charge on any atom is -0.444 e. The number of fused-ring (bicyclic) bond motifs is 1. The molecule has 1 aromatic rings. The summed E-state index contributed by atoms with van der Waals surface area (Å²) in [5, 5.41) is 2.57. The first-order chi connectivity index (χ1) is 11.7. The number of benzene rings is 1. The van der Waals surface area contributed by atoms with Gasteiger partial charge in [-0.3, -0.25) is 19.8 Å². The number of nitrogens with one attached hydrogen (secondary N) is 1. The van der Waals surface area contributed by atoms with Crippen molar-refractivity contribution >= 4 is 23.6 Å². The fourth-order valence-corrected chi connectivity index (χ4v) is 2.61. The first kappa shape index (κ1) is 18.7. The molecule has 0 aliphatic carbocycles. The Bertz CT molecular complexity index is 704. The monoisotopic (exact) mass is 344 g/mol. The quantitative estimate of drug-likeness (QED) is 0.481. The van der Waals surface area contributed by atoms with Gasteiger partial charge in [-0.25, -0.2) is 4.79 Å². The second kappa shape index (κ2) is 7.51. The molecule has 3 amide bonds. The maximum atomic E-state index is 12.7. The Morgan fingerprint density at radius 3 is 2.60 bits per heavy atom. The standard InChI is InChI=1S/C19H24N2O4/c1-5-6-7-8-12-21-16(22)13-10-9-11-14(15(13)17(21)23)20-18(24)25-19(2,3)4/h5,9-11H,1,6-8,12H2,2-4H3,(H,20,24). The van der Waals surface area contributed by atoms with E-state index in [9.17, 15) is 14.4 Å². The number of allylic oxidation sites excluding steroid dienone is 1. The first-order valence-corrected chi connectivity index (χ1v) is 8.34. The average molecular weight is 344 g/mol. The van der Waals surface area contributed by atoms with Crippen LogP contribution in [0.15, 0.2) is 30.9 Å². The molecular weight excluding hydrogens is 320 g/mol. The Balaban J connectivity index is 2.17. The molecule has 0 saturated carbocycles. The van der Waals surface area contributed by atoms with Crippen LogP contribution in [-0.4, -0.2) is 35.0 Å². The third kappa shape index (κ3) is 4.47. The van der Waals surface area contributed by atoms with Crippen LogP contribution < -0.4 is 5.32 Å². The number of anilines is 1. The van der Waals surface area contributed by atoms with Crippen molar-refractivity contribution in [3.63, 3.8) is 0 Å². The third-order valence-corrected chi connectivity index (χ3v) is 3.67. The van der Waals surface area contributed by atoms with Crippen LogP contribution in [0.25, 0.3) is 0 Å². The number of carbonyl (C=O) groups is 3. The third-order valence-electron chi connectivity index (χ3n) is 3.67. The lowest BCUT2D eigenvalue weighted by atomic mass is 10.1. The van der Waals surface area contributed by atoms with Crippen LogP contribution in [-0.2, 0) is 4.74 Å². The summed E-state index contributed by atoms with van der Waals surface area (Å²) >= 11 is 0. The lowest BCUT2D eigenvalue weighted by Gasteiger charge is -2.20. The molecule has 1 aromatic carbocycles. The van der Waals surface area contributed by atoms with Crippen molar-refractivity contribution in [2.75, 3.05) is 11.9 Å². The summed E-state index contributed by atoms with van der Waals surface area (Å²) in [6.45, 7) is 9.27. The van der Waals surface area contributed by atoms with Crippen molar-refractivity contribution in [3.8, 4) is 0 Å². The molecule has 25 heavy (non-hydrogen) atoms. The van der Waals surface area contributed by atoms with Crippen LogP contribution in [0, 0.1) is 0 Å². The molecule has 0 bridgehead atoms. The predicted octanol–water partition coefficient (Wildman–Crippen LogP) is 3.99. The number of unbranched alkanes of at least 4 members (excludes halogenated alkanes) is 2. The number of carbonyl (C=O) groups excluding carboxylic acids is 3. The largest absolute Gasteiger partial charge is 0.444 e. The van der Waals surface area contributed by atoms with Gasteiger partial charge in [0, 0.05) is 6.54 Å². The van der Waals surface area contributed by atoms with Gasteiger partial charge in [0.1, 0.15) is 5.60 Å². The molecule has 1 N–H and O–H groups in total. The van der Waals surface area contributed by atoms with Gasteiger partial charge in [-0.2, -0.15) is 0 Å². The van der Waals surface area contributed by atoms with Crippen molar-refractivity contribution in [2.24, 2.45) is 0 Å². The molecule has 0 unspecified atom stereocenters. The summed E-state index contributed by atoms with van der Waals surface area (Å²) in [5.41, 5.74) is 0.169. The summed E-state index contributed by atoms with van der Waals surface area (Å²) in [4.78, 5) is 38.3. The van der Waals surface area contributed by atoms with Crippen molar-refractivity contribution in [1.29, 1.82) is 0 Å². The van der Waals surface area contributed by atoms with E-state index in [1.807, 2.05) is 6.08 Å². The second-order valence-corrected chi connectivity index (χ2v) is 6.90. The summed E-state index contributed by atoms with van der Waals surface area (Å²) in [6, 6.07) is 4.83. The lowest BCUT2D eigenvalue weighted by molar-refractivity contribution is 0.0633. The topological polar surface area (TPSA) is 75.7 Å². The van der Waals surface area contributed by atoms with Crippen LogP contribution >= 0.6 is 0 Å². The molecule has 1 aliphatic rings. The van der Waals surface area contributed by atoms with Gasteiger partial charge in [0.2, 0.25) is 0 Å². The molecule has 1 aliphatic heterocycles. The van der Waals surface area contributed by atoms with E-state index < -0.39 is 11.7 Å². The van der Waals surface area contributed by atoms with Crippen molar-refractivity contribution < 1.29 is 19.1 Å². The summed E-state index contributed by atoms with van der Waals surface area (Å²) < 4.78 is 5.21. The van der Waals surface area contributed by atoms with E-state index in [0.717, 1.165) is 12.8 Å². The van der Waals surface area contributed by atoms with Gasteiger partial charge >= 0.3 is 6.09 Å². The molecule has 0 spiro atoms. The van der Waals surface area contributed by atoms with Crippen LogP contribution in [0.2, 0.25) is 0 Å². The fraction of sp³-hybridized carbons (Fsp3) is 0.421. The smallest absolute Gasteiger partial charge is 0.412 e. The number of hydrogen-bond acceptors (Lipinski definition) is 4. The SMILES string of the molecule is C=CCCCCN1C(=O)c2cccc(NC(=O)OC(C)(C)C)c2C1=O. The van der Waals surface area contributed by atoms with Gasteiger partial charge in [-0.15, -0.1) is 6.58 Å². The van der Waals surface area contributed by atoms with Gasteiger partial charge in [0.05, 0.1) is 16.8 Å². The van der Waals surface area contributed by atoms with E-state index in [-0.39, 0.29) is 17.4 Å². The van der Waals surface area contributed by atoms with E-state index in [0.29, 0.717) is 24.2 Å². The van der Waals surface area contributed by atoms with Gasteiger partial charge in [0.25, 0.3) is 11.8 Å². The normalized spacial score (nSPS) is 13.6. The molecule has 0 saturated heterocycles. The zero-order valence-corrected chi connectivity index (χ0v) is 14.9. The van der Waals surface area contributed by atoms with Gasteiger partial charge < -0.3 is 4.74 Å². The zero-order valence-electron chi connectivity index (χ0n) is 14.9. The van der Waals surface area contributed by atoms with Crippen molar-refractivity contribution in [3.05, 3.63) is 42.0 Å². The van der Waals surface area contributed by atoms with Gasteiger partial charge in [-0.05, 0) is 52.2 Å². The molecule has 6 nitrogen and oxygen atoms in total. The maximum absolute atomic E-state index is 12.7. The minimum absolute atomic E-state index is 0.224. The fourth-order valence-electron chi connectivity index (χ4n) is 2.61. The molecule has 2 rings (SSSR count). The summed E-state index contributed by atoms with van der Waals surface area (Å²) in [6.07, 6.45) is 3.57.